The molecule has 1 amide bonds. The van der Waals surface area contributed by atoms with E-state index in [0.29, 0.717) is 5.56 Å². The molecule has 25 heavy (non-hydrogen) atoms. The molecule has 0 aliphatic carbocycles. The number of rotatable bonds is 6. The average Bonchev–Trinajstić information content (AvgIpc) is 2.62. The van der Waals surface area contributed by atoms with Crippen molar-refractivity contribution < 1.29 is 27.9 Å². The third-order valence-corrected chi connectivity index (χ3v) is 3.32. The molecule has 0 aromatic heterocycles. The van der Waals surface area contributed by atoms with Gasteiger partial charge in [-0.15, -0.1) is 0 Å². The lowest BCUT2D eigenvalue weighted by atomic mass is 10.1. The largest absolute Gasteiger partial charge is 0.456 e. The summed E-state index contributed by atoms with van der Waals surface area (Å²) in [6, 6.07) is 9.93. The van der Waals surface area contributed by atoms with E-state index in [1.165, 1.54) is 6.92 Å². The summed E-state index contributed by atoms with van der Waals surface area (Å²) in [6.07, 6.45) is 0. The van der Waals surface area contributed by atoms with Gasteiger partial charge in [-0.05, 0) is 37.3 Å². The molecule has 2 rings (SSSR count). The van der Waals surface area contributed by atoms with Crippen LogP contribution in [0.3, 0.4) is 0 Å². The molecule has 0 spiro atoms. The normalized spacial score (nSPS) is 11.5. The molecular formula is C18H15F2NO4. The van der Waals surface area contributed by atoms with Crippen molar-refractivity contribution in [3.05, 3.63) is 71.3 Å². The standard InChI is InChI=1S/C18H15F2NO4/c1-11(21-17(23)12-5-3-2-4-6-12)18(24)25-10-16(22)13-7-8-14(19)15(20)9-13/h2-9,11H,10H2,1H3,(H,21,23). The van der Waals surface area contributed by atoms with E-state index in [9.17, 15) is 23.2 Å². The lowest BCUT2D eigenvalue weighted by Gasteiger charge is -2.13. The summed E-state index contributed by atoms with van der Waals surface area (Å²) < 4.78 is 30.7. The van der Waals surface area contributed by atoms with Gasteiger partial charge in [0.05, 0.1) is 0 Å². The van der Waals surface area contributed by atoms with Crippen LogP contribution >= 0.6 is 0 Å². The van der Waals surface area contributed by atoms with Gasteiger partial charge in [0.1, 0.15) is 6.04 Å². The number of carbonyl (C=O) groups excluding carboxylic acids is 3. The average molecular weight is 347 g/mol. The molecule has 0 aliphatic rings. The van der Waals surface area contributed by atoms with Gasteiger partial charge in [0.15, 0.2) is 24.0 Å². The first kappa shape index (κ1) is 18.3. The summed E-state index contributed by atoms with van der Waals surface area (Å²) in [5.41, 5.74) is 0.257. The van der Waals surface area contributed by atoms with Crippen LogP contribution in [0.2, 0.25) is 0 Å². The van der Waals surface area contributed by atoms with Gasteiger partial charge in [0.25, 0.3) is 5.91 Å². The molecule has 0 aliphatic heterocycles. The Balaban J connectivity index is 1.87. The van der Waals surface area contributed by atoms with Crippen molar-refractivity contribution in [3.8, 4) is 0 Å². The van der Waals surface area contributed by atoms with Crippen molar-refractivity contribution in [2.24, 2.45) is 0 Å². The summed E-state index contributed by atoms with van der Waals surface area (Å²) in [6.45, 7) is 0.765. The second-order valence-corrected chi connectivity index (χ2v) is 5.22. The molecule has 7 heteroatoms. The molecule has 0 heterocycles. The molecule has 130 valence electrons. The molecule has 1 N–H and O–H groups in total. The number of ketones is 1. The number of Topliss-reactive ketones (excluding diaryl/α,β-unsaturated/α-hetero) is 1. The Kier molecular flexibility index (Phi) is 5.94. The van der Waals surface area contributed by atoms with Crippen molar-refractivity contribution in [1.82, 2.24) is 5.32 Å². The molecule has 2 aromatic rings. The minimum Gasteiger partial charge on any atom is -0.456 e. The van der Waals surface area contributed by atoms with Crippen LogP contribution in [0.25, 0.3) is 0 Å². The van der Waals surface area contributed by atoms with Crippen LogP contribution in [-0.4, -0.2) is 30.3 Å². The van der Waals surface area contributed by atoms with Gasteiger partial charge >= 0.3 is 5.97 Å². The predicted octanol–water partition coefficient (Wildman–Crippen LogP) is 2.51. The third kappa shape index (κ3) is 4.94. The monoisotopic (exact) mass is 347 g/mol. The number of esters is 1. The van der Waals surface area contributed by atoms with Crippen molar-refractivity contribution in [2.45, 2.75) is 13.0 Å². The highest BCUT2D eigenvalue weighted by Crippen LogP contribution is 2.09. The van der Waals surface area contributed by atoms with Crippen LogP contribution < -0.4 is 5.32 Å². The maximum atomic E-state index is 13.1. The number of benzene rings is 2. The van der Waals surface area contributed by atoms with Gasteiger partial charge in [-0.3, -0.25) is 9.59 Å². The van der Waals surface area contributed by atoms with Gasteiger partial charge in [0.2, 0.25) is 0 Å². The van der Waals surface area contributed by atoms with E-state index < -0.39 is 41.9 Å². The summed E-state index contributed by atoms with van der Waals surface area (Å²) in [4.78, 5) is 35.6. The minimum atomic E-state index is -1.17. The number of halogens is 2. The Morgan fingerprint density at radius 3 is 2.32 bits per heavy atom. The molecule has 0 fully saturated rings. The fourth-order valence-electron chi connectivity index (χ4n) is 1.94. The number of hydrogen-bond donors (Lipinski definition) is 1. The van der Waals surface area contributed by atoms with E-state index in [-0.39, 0.29) is 5.56 Å². The van der Waals surface area contributed by atoms with Gasteiger partial charge in [-0.1, -0.05) is 18.2 Å². The van der Waals surface area contributed by atoms with Crippen LogP contribution in [0.4, 0.5) is 8.78 Å². The first-order valence-corrected chi connectivity index (χ1v) is 7.39. The number of amides is 1. The molecule has 1 unspecified atom stereocenters. The van der Waals surface area contributed by atoms with Crippen LogP contribution in [0.15, 0.2) is 48.5 Å². The lowest BCUT2D eigenvalue weighted by molar-refractivity contribution is -0.144. The first-order chi connectivity index (χ1) is 11.9. The Labute approximate surface area is 142 Å². The topological polar surface area (TPSA) is 72.5 Å². The maximum absolute atomic E-state index is 13.1. The Morgan fingerprint density at radius 2 is 1.68 bits per heavy atom. The third-order valence-electron chi connectivity index (χ3n) is 3.32. The lowest BCUT2D eigenvalue weighted by Crippen LogP contribution is -2.40. The van der Waals surface area contributed by atoms with Crippen molar-refractivity contribution in [3.63, 3.8) is 0 Å². The zero-order valence-electron chi connectivity index (χ0n) is 13.3. The highest BCUT2D eigenvalue weighted by Gasteiger charge is 2.19. The highest BCUT2D eigenvalue weighted by atomic mass is 19.2. The fourth-order valence-corrected chi connectivity index (χ4v) is 1.94. The van der Waals surface area contributed by atoms with Crippen molar-refractivity contribution >= 4 is 17.7 Å². The van der Waals surface area contributed by atoms with E-state index in [1.54, 1.807) is 30.3 Å². The first-order valence-electron chi connectivity index (χ1n) is 7.39. The van der Waals surface area contributed by atoms with E-state index in [0.717, 1.165) is 18.2 Å². The number of ether oxygens (including phenoxy) is 1. The van der Waals surface area contributed by atoms with E-state index in [4.69, 9.17) is 4.74 Å². The quantitative estimate of drug-likeness (QED) is 0.644. The summed E-state index contributed by atoms with van der Waals surface area (Å²) >= 11 is 0. The molecule has 0 radical (unpaired) electrons. The molecule has 0 bridgehead atoms. The van der Waals surface area contributed by atoms with Gasteiger partial charge < -0.3 is 10.1 Å². The van der Waals surface area contributed by atoms with Crippen molar-refractivity contribution in [2.75, 3.05) is 6.61 Å². The van der Waals surface area contributed by atoms with Crippen LogP contribution in [-0.2, 0) is 9.53 Å². The molecule has 0 saturated carbocycles. The van der Waals surface area contributed by atoms with Crippen LogP contribution in [0.1, 0.15) is 27.6 Å². The van der Waals surface area contributed by atoms with E-state index in [2.05, 4.69) is 5.32 Å². The summed E-state index contributed by atoms with van der Waals surface area (Å²) in [7, 11) is 0. The molecular weight excluding hydrogens is 332 g/mol. The Bertz CT molecular complexity index is 793. The molecule has 0 saturated heterocycles. The van der Waals surface area contributed by atoms with Crippen molar-refractivity contribution in [1.29, 1.82) is 0 Å². The Hall–Kier alpha value is -3.09. The van der Waals surface area contributed by atoms with Crippen LogP contribution in [0, 0.1) is 11.6 Å². The van der Waals surface area contributed by atoms with Gasteiger partial charge in [-0.25, -0.2) is 13.6 Å². The zero-order chi connectivity index (χ0) is 18.4. The van der Waals surface area contributed by atoms with E-state index >= 15 is 0 Å². The zero-order valence-corrected chi connectivity index (χ0v) is 13.3. The number of hydrogen-bond acceptors (Lipinski definition) is 4. The second-order valence-electron chi connectivity index (χ2n) is 5.22. The van der Waals surface area contributed by atoms with Gasteiger partial charge in [0, 0.05) is 11.1 Å². The Morgan fingerprint density at radius 1 is 1.00 bits per heavy atom. The van der Waals surface area contributed by atoms with Gasteiger partial charge in [-0.2, -0.15) is 0 Å². The summed E-state index contributed by atoms with van der Waals surface area (Å²) in [5, 5.41) is 2.44. The SMILES string of the molecule is CC(NC(=O)c1ccccc1)C(=O)OCC(=O)c1ccc(F)c(F)c1. The van der Waals surface area contributed by atoms with Crippen LogP contribution in [0.5, 0.6) is 0 Å². The fraction of sp³-hybridized carbons (Fsp3) is 0.167. The highest BCUT2D eigenvalue weighted by molar-refractivity contribution is 5.99. The minimum absolute atomic E-state index is 0.118. The molecule has 1 atom stereocenters. The van der Waals surface area contributed by atoms with E-state index in [1.807, 2.05) is 0 Å². The molecule has 2 aromatic carbocycles. The number of carbonyl (C=O) groups is 3. The molecule has 5 nitrogen and oxygen atoms in total. The second kappa shape index (κ2) is 8.14. The number of nitrogens with one attached hydrogen (secondary N) is 1. The maximum Gasteiger partial charge on any atom is 0.328 e. The predicted molar refractivity (Wildman–Crippen MR) is 85.0 cm³/mol. The summed E-state index contributed by atoms with van der Waals surface area (Å²) in [5.74, 6) is -4.21. The smallest absolute Gasteiger partial charge is 0.328 e.